The number of hydrogen-bond acceptors (Lipinski definition) is 6. The lowest BCUT2D eigenvalue weighted by Gasteiger charge is -2.16. The summed E-state index contributed by atoms with van der Waals surface area (Å²) in [6, 6.07) is 2.90. The van der Waals surface area contributed by atoms with Crippen molar-refractivity contribution in [3.05, 3.63) is 39.9 Å². The predicted molar refractivity (Wildman–Crippen MR) is 90.7 cm³/mol. The molecule has 0 unspecified atom stereocenters. The number of rotatable bonds is 6. The van der Waals surface area contributed by atoms with E-state index in [1.807, 2.05) is 0 Å². The quantitative estimate of drug-likeness (QED) is 0.633. The predicted octanol–water partition coefficient (Wildman–Crippen LogP) is 3.36. The highest BCUT2D eigenvalue weighted by Crippen LogP contribution is 2.51. The summed E-state index contributed by atoms with van der Waals surface area (Å²) >= 11 is 0. The molecule has 0 aliphatic rings. The van der Waals surface area contributed by atoms with E-state index in [9.17, 15) is 22.5 Å². The van der Waals surface area contributed by atoms with Crippen LogP contribution in [0.15, 0.2) is 23.0 Å². The van der Waals surface area contributed by atoms with Gasteiger partial charge < -0.3 is 14.0 Å². The summed E-state index contributed by atoms with van der Waals surface area (Å²) in [6.45, 7) is 3.55. The van der Waals surface area contributed by atoms with Gasteiger partial charge in [0.05, 0.1) is 29.8 Å². The van der Waals surface area contributed by atoms with Crippen LogP contribution in [0.25, 0.3) is 16.7 Å². The van der Waals surface area contributed by atoms with E-state index in [0.29, 0.717) is 0 Å². The molecule has 3 aromatic rings. The van der Waals surface area contributed by atoms with E-state index in [4.69, 9.17) is 9.05 Å². The van der Waals surface area contributed by atoms with E-state index in [-0.39, 0.29) is 41.9 Å². The third-order valence-electron chi connectivity index (χ3n) is 3.73. The molecule has 0 fully saturated rings. The van der Waals surface area contributed by atoms with Gasteiger partial charge in [0.25, 0.3) is 5.56 Å². The van der Waals surface area contributed by atoms with Crippen LogP contribution in [-0.4, -0.2) is 32.8 Å². The minimum absolute atomic E-state index is 0.0500. The van der Waals surface area contributed by atoms with Crippen molar-refractivity contribution in [2.24, 2.45) is 0 Å². The van der Waals surface area contributed by atoms with Gasteiger partial charge in [0.2, 0.25) is 5.65 Å². The lowest BCUT2D eigenvalue weighted by molar-refractivity contribution is -0.137. The van der Waals surface area contributed by atoms with Gasteiger partial charge in [0, 0.05) is 0 Å². The third-order valence-corrected chi connectivity index (χ3v) is 5.71. The molecule has 12 heteroatoms. The van der Waals surface area contributed by atoms with Crippen LogP contribution in [0.4, 0.5) is 13.2 Å². The highest BCUT2D eigenvalue weighted by Gasteiger charge is 2.31. The van der Waals surface area contributed by atoms with Gasteiger partial charge in [-0.3, -0.25) is 13.8 Å². The number of nitrogens with zero attached hydrogens (tertiary/aromatic N) is 3. The number of alkyl halides is 3. The lowest BCUT2D eigenvalue weighted by Crippen LogP contribution is -2.13. The van der Waals surface area contributed by atoms with E-state index in [0.717, 1.165) is 12.1 Å². The van der Waals surface area contributed by atoms with Crippen molar-refractivity contribution < 1.29 is 26.8 Å². The van der Waals surface area contributed by atoms with Gasteiger partial charge >= 0.3 is 13.8 Å². The van der Waals surface area contributed by atoms with Crippen molar-refractivity contribution in [1.82, 2.24) is 19.6 Å². The smallest absolute Gasteiger partial charge is 0.317 e. The molecule has 2 aromatic heterocycles. The molecule has 0 atom stereocenters. The average Bonchev–Trinajstić information content (AvgIpc) is 2.98. The van der Waals surface area contributed by atoms with Crippen LogP contribution in [0.2, 0.25) is 0 Å². The van der Waals surface area contributed by atoms with E-state index in [1.165, 1.54) is 10.5 Å². The van der Waals surface area contributed by atoms with Gasteiger partial charge in [-0.05, 0) is 32.0 Å². The van der Waals surface area contributed by atoms with E-state index >= 15 is 0 Å². The fourth-order valence-corrected chi connectivity index (χ4v) is 4.30. The number of aromatic amines is 1. The number of hydrogen-bond donors (Lipinski definition) is 1. The molecule has 8 nitrogen and oxygen atoms in total. The summed E-state index contributed by atoms with van der Waals surface area (Å²) < 4.78 is 63.3. The summed E-state index contributed by atoms with van der Waals surface area (Å²) in [7, 11) is -3.56. The number of fused-ring (bicyclic) bond motifs is 3. The molecule has 0 radical (unpaired) electrons. The normalized spacial score (nSPS) is 12.9. The monoisotopic (exact) mass is 404 g/mol. The van der Waals surface area contributed by atoms with Gasteiger partial charge in [0.1, 0.15) is 12.0 Å². The van der Waals surface area contributed by atoms with Crippen molar-refractivity contribution in [2.45, 2.75) is 26.2 Å². The first-order valence-electron chi connectivity index (χ1n) is 8.04. The number of aromatic nitrogens is 4. The highest BCUT2D eigenvalue weighted by molar-refractivity contribution is 7.53. The van der Waals surface area contributed by atoms with Crippen LogP contribution in [0.5, 0.6) is 0 Å². The minimum atomic E-state index is -4.56. The number of H-pyrrole nitrogens is 1. The summed E-state index contributed by atoms with van der Waals surface area (Å²) in [5, 5.41) is 7.62. The molecule has 3 rings (SSSR count). The van der Waals surface area contributed by atoms with Gasteiger partial charge in [-0.15, -0.1) is 10.2 Å². The Balaban J connectivity index is 2.21. The van der Waals surface area contributed by atoms with Crippen LogP contribution < -0.4 is 5.56 Å². The molecule has 1 N–H and O–H groups in total. The average molecular weight is 404 g/mol. The van der Waals surface area contributed by atoms with E-state index in [2.05, 4.69) is 15.2 Å². The Bertz CT molecular complexity index is 1080. The second kappa shape index (κ2) is 7.06. The Morgan fingerprint density at radius 1 is 1.19 bits per heavy atom. The standard InChI is InChI=1S/C15H16F3N4O4P/c1-3-25-27(24,26-4-2)8-12-20-21-13-14(23)19-10-7-9(15(16,17)18)5-6-11(10)22(12)13/h5-7H,3-4,8H2,1-2H3,(H,19,23). The van der Waals surface area contributed by atoms with Gasteiger partial charge in [-0.1, -0.05) is 0 Å². The van der Waals surface area contributed by atoms with Crippen molar-refractivity contribution in [2.75, 3.05) is 13.2 Å². The largest absolute Gasteiger partial charge is 0.416 e. The zero-order chi connectivity index (χ0) is 19.8. The Hall–Kier alpha value is -2.23. The van der Waals surface area contributed by atoms with Crippen LogP contribution in [0.3, 0.4) is 0 Å². The summed E-state index contributed by atoms with van der Waals surface area (Å²) in [5.41, 5.74) is -1.57. The maximum Gasteiger partial charge on any atom is 0.416 e. The maximum atomic E-state index is 12.9. The number of nitrogens with one attached hydrogen (secondary N) is 1. The van der Waals surface area contributed by atoms with Crippen LogP contribution in [0.1, 0.15) is 25.2 Å². The third kappa shape index (κ3) is 3.76. The molecule has 0 saturated carbocycles. The SMILES string of the molecule is CCOP(=O)(Cc1nnc2c(=O)[nH]c3cc(C(F)(F)F)ccc3n12)OCC. The minimum Gasteiger partial charge on any atom is -0.317 e. The molecule has 2 heterocycles. The summed E-state index contributed by atoms with van der Waals surface area (Å²) in [4.78, 5) is 14.6. The van der Waals surface area contributed by atoms with E-state index in [1.54, 1.807) is 13.8 Å². The topological polar surface area (TPSA) is 98.6 Å². The fraction of sp³-hybridized carbons (Fsp3) is 0.400. The molecule has 27 heavy (non-hydrogen) atoms. The number of benzene rings is 1. The van der Waals surface area contributed by atoms with Crippen LogP contribution >= 0.6 is 7.60 Å². The van der Waals surface area contributed by atoms with Crippen LogP contribution in [-0.2, 0) is 26.0 Å². The zero-order valence-electron chi connectivity index (χ0n) is 14.4. The Morgan fingerprint density at radius 2 is 1.85 bits per heavy atom. The molecule has 0 spiro atoms. The summed E-state index contributed by atoms with van der Waals surface area (Å²) in [5.74, 6) is 0.0890. The Kier molecular flexibility index (Phi) is 5.11. The fourth-order valence-electron chi connectivity index (χ4n) is 2.70. The van der Waals surface area contributed by atoms with Crippen molar-refractivity contribution >= 4 is 24.3 Å². The first-order valence-corrected chi connectivity index (χ1v) is 9.76. The molecule has 0 bridgehead atoms. The van der Waals surface area contributed by atoms with Crippen molar-refractivity contribution in [3.8, 4) is 0 Å². The molecular formula is C15H16F3N4O4P. The first kappa shape index (κ1) is 19.5. The lowest BCUT2D eigenvalue weighted by atomic mass is 10.2. The van der Waals surface area contributed by atoms with Gasteiger partial charge in [-0.2, -0.15) is 13.2 Å². The molecular weight excluding hydrogens is 388 g/mol. The molecule has 146 valence electrons. The Labute approximate surface area is 150 Å². The molecule has 0 amide bonds. The molecule has 0 aliphatic heterocycles. The van der Waals surface area contributed by atoms with Gasteiger partial charge in [0.15, 0.2) is 0 Å². The van der Waals surface area contributed by atoms with Crippen molar-refractivity contribution in [3.63, 3.8) is 0 Å². The number of halogens is 3. The maximum absolute atomic E-state index is 12.9. The van der Waals surface area contributed by atoms with Gasteiger partial charge in [-0.25, -0.2) is 0 Å². The Morgan fingerprint density at radius 3 is 2.44 bits per heavy atom. The molecule has 1 aromatic carbocycles. The second-order valence-electron chi connectivity index (χ2n) is 5.56. The molecule has 0 aliphatic carbocycles. The van der Waals surface area contributed by atoms with E-state index < -0.39 is 24.9 Å². The zero-order valence-corrected chi connectivity index (χ0v) is 15.3. The highest BCUT2D eigenvalue weighted by atomic mass is 31.2. The van der Waals surface area contributed by atoms with Crippen LogP contribution in [0, 0.1) is 0 Å². The molecule has 0 saturated heterocycles. The first-order chi connectivity index (χ1) is 12.7. The second-order valence-corrected chi connectivity index (χ2v) is 7.62. The summed E-state index contributed by atoms with van der Waals surface area (Å²) in [6.07, 6.45) is -4.84. The van der Waals surface area contributed by atoms with Crippen molar-refractivity contribution in [1.29, 1.82) is 0 Å².